The van der Waals surface area contributed by atoms with Gasteiger partial charge in [-0.15, -0.1) is 11.6 Å². The summed E-state index contributed by atoms with van der Waals surface area (Å²) in [5, 5.41) is 2.10. The van der Waals surface area contributed by atoms with Crippen LogP contribution in [-0.4, -0.2) is 35.2 Å². The van der Waals surface area contributed by atoms with E-state index in [4.69, 9.17) is 23.2 Å². The Hall–Kier alpha value is -1.47. The van der Waals surface area contributed by atoms with E-state index in [1.807, 2.05) is 0 Å². The van der Waals surface area contributed by atoms with Gasteiger partial charge in [-0.25, -0.2) is 0 Å². The Morgan fingerprint density at radius 3 is 2.71 bits per heavy atom. The van der Waals surface area contributed by atoms with Crippen LogP contribution in [0.5, 0.6) is 0 Å². The monoisotopic (exact) mass is 382 g/mol. The summed E-state index contributed by atoms with van der Waals surface area (Å²) in [4.78, 5) is 25.3. The zero-order valence-corrected chi connectivity index (χ0v) is 14.0. The molecule has 0 spiro atoms. The molecule has 0 radical (unpaired) electrons. The number of nitrogens with zero attached hydrogens (tertiary/aromatic N) is 1. The summed E-state index contributed by atoms with van der Waals surface area (Å²) in [6, 6.07) is 2.87. The van der Waals surface area contributed by atoms with Crippen LogP contribution in [0.4, 0.5) is 13.2 Å². The molecule has 4 nitrogen and oxygen atoms in total. The third kappa shape index (κ3) is 4.13. The number of amides is 2. The summed E-state index contributed by atoms with van der Waals surface area (Å²) in [5.41, 5.74) is -0.788. The van der Waals surface area contributed by atoms with Crippen molar-refractivity contribution in [2.45, 2.75) is 31.6 Å². The molecule has 0 saturated carbocycles. The number of alkyl halides is 4. The van der Waals surface area contributed by atoms with Crippen molar-refractivity contribution in [2.75, 3.05) is 12.4 Å². The second-order valence-corrected chi connectivity index (χ2v) is 6.08. The minimum atomic E-state index is -4.56. The lowest BCUT2D eigenvalue weighted by atomic mass is 10.1. The van der Waals surface area contributed by atoms with E-state index in [2.05, 4.69) is 5.32 Å². The van der Waals surface area contributed by atoms with Crippen molar-refractivity contribution in [3.8, 4) is 0 Å². The van der Waals surface area contributed by atoms with Gasteiger partial charge in [0.1, 0.15) is 6.04 Å². The lowest BCUT2D eigenvalue weighted by Gasteiger charge is -2.23. The van der Waals surface area contributed by atoms with Crippen molar-refractivity contribution in [1.29, 1.82) is 0 Å². The number of halogens is 5. The molecule has 132 valence electrons. The van der Waals surface area contributed by atoms with Crippen molar-refractivity contribution in [2.24, 2.45) is 0 Å². The quantitative estimate of drug-likeness (QED) is 0.794. The fourth-order valence-electron chi connectivity index (χ4n) is 2.61. The number of carbonyl (C=O) groups excluding carboxylic acids is 2. The number of hydrogen-bond acceptors (Lipinski definition) is 2. The number of rotatable bonds is 5. The van der Waals surface area contributed by atoms with E-state index in [0.29, 0.717) is 6.42 Å². The van der Waals surface area contributed by atoms with Gasteiger partial charge in [0.25, 0.3) is 0 Å². The number of nitrogens with one attached hydrogen (secondary N) is 1. The summed E-state index contributed by atoms with van der Waals surface area (Å²) in [6.07, 6.45) is -3.96. The number of carbonyl (C=O) groups is 2. The molecule has 1 aromatic carbocycles. The van der Waals surface area contributed by atoms with Gasteiger partial charge in [0.2, 0.25) is 11.8 Å². The molecule has 1 aromatic rings. The lowest BCUT2D eigenvalue weighted by molar-refractivity contribution is -0.137. The minimum Gasteiger partial charge on any atom is -0.350 e. The highest BCUT2D eigenvalue weighted by Gasteiger charge is 2.36. The Morgan fingerprint density at radius 2 is 2.08 bits per heavy atom. The molecule has 0 aromatic heterocycles. The standard InChI is InChI=1S/C15H15Cl2F3N2O2/c16-6-7-22-11(4-5-12(22)23)14(24)21-8-9-2-1-3-10(13(9)17)15(18,19)20/h1-3,11H,4-8H2,(H,21,24). The van der Waals surface area contributed by atoms with Gasteiger partial charge in [-0.3, -0.25) is 9.59 Å². The predicted molar refractivity (Wildman–Crippen MR) is 83.8 cm³/mol. The highest BCUT2D eigenvalue weighted by Crippen LogP contribution is 2.36. The van der Waals surface area contributed by atoms with E-state index in [0.717, 1.165) is 6.07 Å². The van der Waals surface area contributed by atoms with Crippen molar-refractivity contribution in [3.63, 3.8) is 0 Å². The SMILES string of the molecule is O=C(NCc1cccc(C(F)(F)F)c1Cl)C1CCC(=O)N1CCCl. The number of benzene rings is 1. The van der Waals surface area contributed by atoms with Crippen LogP contribution in [0.3, 0.4) is 0 Å². The fourth-order valence-corrected chi connectivity index (χ4v) is 3.10. The van der Waals surface area contributed by atoms with Gasteiger partial charge in [0.15, 0.2) is 0 Å². The van der Waals surface area contributed by atoms with E-state index in [9.17, 15) is 22.8 Å². The molecule has 2 rings (SSSR count). The zero-order chi connectivity index (χ0) is 17.9. The highest BCUT2D eigenvalue weighted by atomic mass is 35.5. The van der Waals surface area contributed by atoms with E-state index < -0.39 is 28.7 Å². The van der Waals surface area contributed by atoms with Crippen molar-refractivity contribution < 1.29 is 22.8 Å². The van der Waals surface area contributed by atoms with Crippen LogP contribution in [0.1, 0.15) is 24.0 Å². The third-order valence-electron chi connectivity index (χ3n) is 3.79. The van der Waals surface area contributed by atoms with Gasteiger partial charge in [-0.2, -0.15) is 13.2 Å². The first-order chi connectivity index (χ1) is 11.3. The molecule has 0 aliphatic carbocycles. The molecule has 1 fully saturated rings. The maximum absolute atomic E-state index is 12.8. The molecular formula is C15H15Cl2F3N2O2. The zero-order valence-electron chi connectivity index (χ0n) is 12.5. The first kappa shape index (κ1) is 18.9. The lowest BCUT2D eigenvalue weighted by Crippen LogP contribution is -2.45. The molecule has 2 amide bonds. The fraction of sp³-hybridized carbons (Fsp3) is 0.467. The normalized spacial score (nSPS) is 18.1. The maximum atomic E-state index is 12.8. The Balaban J connectivity index is 2.06. The molecule has 1 aliphatic rings. The molecule has 9 heteroatoms. The number of hydrogen-bond donors (Lipinski definition) is 1. The Morgan fingerprint density at radius 1 is 1.38 bits per heavy atom. The van der Waals surface area contributed by atoms with Gasteiger partial charge >= 0.3 is 6.18 Å². The van der Waals surface area contributed by atoms with E-state index in [1.54, 1.807) is 0 Å². The number of likely N-dealkylation sites (tertiary alicyclic amines) is 1. The molecule has 1 aliphatic heterocycles. The largest absolute Gasteiger partial charge is 0.417 e. The molecule has 1 saturated heterocycles. The highest BCUT2D eigenvalue weighted by molar-refractivity contribution is 6.32. The second-order valence-electron chi connectivity index (χ2n) is 5.32. The van der Waals surface area contributed by atoms with E-state index >= 15 is 0 Å². The van der Waals surface area contributed by atoms with Crippen LogP contribution in [0.2, 0.25) is 5.02 Å². The topological polar surface area (TPSA) is 49.4 Å². The summed E-state index contributed by atoms with van der Waals surface area (Å²) >= 11 is 11.4. The summed E-state index contributed by atoms with van der Waals surface area (Å²) < 4.78 is 38.5. The van der Waals surface area contributed by atoms with E-state index in [-0.39, 0.29) is 36.9 Å². The van der Waals surface area contributed by atoms with Crippen LogP contribution in [0.25, 0.3) is 0 Å². The Labute approximate surface area is 146 Å². The maximum Gasteiger partial charge on any atom is 0.417 e. The molecule has 1 atom stereocenters. The molecule has 24 heavy (non-hydrogen) atoms. The summed E-state index contributed by atoms with van der Waals surface area (Å²) in [7, 11) is 0. The first-order valence-corrected chi connectivity index (χ1v) is 8.14. The predicted octanol–water partition coefficient (Wildman–Crippen LogP) is 3.20. The molecule has 0 bridgehead atoms. The van der Waals surface area contributed by atoms with Crippen LogP contribution in [0, 0.1) is 0 Å². The average Bonchev–Trinajstić information content (AvgIpc) is 2.86. The molecule has 1 N–H and O–H groups in total. The second kappa shape index (κ2) is 7.61. The van der Waals surface area contributed by atoms with Crippen molar-refractivity contribution in [1.82, 2.24) is 10.2 Å². The minimum absolute atomic E-state index is 0.152. The van der Waals surface area contributed by atoms with Gasteiger partial charge in [-0.1, -0.05) is 23.7 Å². The molecule has 1 heterocycles. The van der Waals surface area contributed by atoms with Crippen LogP contribution in [0.15, 0.2) is 18.2 Å². The van der Waals surface area contributed by atoms with Crippen LogP contribution >= 0.6 is 23.2 Å². The van der Waals surface area contributed by atoms with Crippen LogP contribution in [-0.2, 0) is 22.3 Å². The molecule has 1 unspecified atom stereocenters. The Kier molecular flexibility index (Phi) is 5.98. The van der Waals surface area contributed by atoms with Crippen molar-refractivity contribution >= 4 is 35.0 Å². The smallest absolute Gasteiger partial charge is 0.350 e. The van der Waals surface area contributed by atoms with Gasteiger partial charge in [-0.05, 0) is 18.1 Å². The van der Waals surface area contributed by atoms with Gasteiger partial charge < -0.3 is 10.2 Å². The van der Waals surface area contributed by atoms with Gasteiger partial charge in [0, 0.05) is 25.4 Å². The average molecular weight is 383 g/mol. The summed E-state index contributed by atoms with van der Waals surface area (Å²) in [5.74, 6) is -0.387. The third-order valence-corrected chi connectivity index (χ3v) is 4.41. The van der Waals surface area contributed by atoms with Crippen molar-refractivity contribution in [3.05, 3.63) is 34.3 Å². The Bertz CT molecular complexity index is 638. The van der Waals surface area contributed by atoms with Crippen LogP contribution < -0.4 is 5.32 Å². The molecular weight excluding hydrogens is 368 g/mol. The van der Waals surface area contributed by atoms with Gasteiger partial charge in [0.05, 0.1) is 10.6 Å². The summed E-state index contributed by atoms with van der Waals surface area (Å²) in [6.45, 7) is 0.101. The van der Waals surface area contributed by atoms with E-state index in [1.165, 1.54) is 17.0 Å². The first-order valence-electron chi connectivity index (χ1n) is 7.23.